The van der Waals surface area contributed by atoms with Gasteiger partial charge in [0.15, 0.2) is 29.8 Å². The van der Waals surface area contributed by atoms with Crippen LogP contribution in [0.5, 0.6) is 28.7 Å². The molecule has 4 heterocycles. The number of fused-ring (bicyclic) bond motifs is 1. The first-order valence-electron chi connectivity index (χ1n) is 15.9. The highest BCUT2D eigenvalue weighted by atomic mass is 16.7. The van der Waals surface area contributed by atoms with Crippen molar-refractivity contribution < 1.29 is 94.1 Å². The Hall–Kier alpha value is -3.87. The van der Waals surface area contributed by atoms with Gasteiger partial charge in [0.05, 0.1) is 25.9 Å². The first-order chi connectivity index (χ1) is 24.5. The van der Waals surface area contributed by atoms with E-state index in [1.54, 1.807) is 0 Å². The Kier molecular flexibility index (Phi) is 10.6. The van der Waals surface area contributed by atoms with Gasteiger partial charge < -0.3 is 94.1 Å². The molecule has 0 aliphatic carbocycles. The molecule has 0 radical (unpaired) electrons. The minimum atomic E-state index is -2.17. The molecule has 0 saturated carbocycles. The smallest absolute Gasteiger partial charge is 0.239 e. The zero-order valence-corrected chi connectivity index (χ0v) is 27.1. The maximum atomic E-state index is 13.9. The summed E-state index contributed by atoms with van der Waals surface area (Å²) in [4.78, 5) is 13.9. The summed E-state index contributed by atoms with van der Waals surface area (Å²) in [5.41, 5.74) is -3.70. The fourth-order valence-electron chi connectivity index (χ4n) is 6.05. The van der Waals surface area contributed by atoms with Crippen molar-refractivity contribution in [3.05, 3.63) is 40.6 Å². The zero-order chi connectivity index (χ0) is 37.8. The van der Waals surface area contributed by atoms with Crippen molar-refractivity contribution in [1.29, 1.82) is 0 Å². The summed E-state index contributed by atoms with van der Waals surface area (Å²) in [5, 5.41) is 124. The average molecular weight is 743 g/mol. The van der Waals surface area contributed by atoms with Crippen molar-refractivity contribution in [2.24, 2.45) is 0 Å². The Labute approximate surface area is 292 Å². The predicted octanol–water partition coefficient (Wildman–Crippen LogP) is -3.22. The summed E-state index contributed by atoms with van der Waals surface area (Å²) in [7, 11) is 0. The summed E-state index contributed by atoms with van der Waals surface area (Å²) < 4.78 is 39.5. The van der Waals surface area contributed by atoms with E-state index >= 15 is 0 Å². The predicted molar refractivity (Wildman–Crippen MR) is 167 cm³/mol. The third kappa shape index (κ3) is 6.85. The Morgan fingerprint density at radius 1 is 0.827 bits per heavy atom. The van der Waals surface area contributed by atoms with Crippen LogP contribution in [0.25, 0.3) is 22.3 Å². The first-order valence-corrected chi connectivity index (χ1v) is 15.9. The maximum Gasteiger partial charge on any atom is 0.239 e. The molecule has 0 spiro atoms. The number of phenolic OH excluding ortho intramolecular Hbond substituents is 4. The highest BCUT2D eigenvalue weighted by Crippen LogP contribution is 2.40. The van der Waals surface area contributed by atoms with E-state index in [2.05, 4.69) is 0 Å². The number of aliphatic hydroxyl groups excluding tert-OH is 7. The highest BCUT2D eigenvalue weighted by Gasteiger charge is 2.54. The van der Waals surface area contributed by atoms with Crippen molar-refractivity contribution in [1.82, 2.24) is 0 Å². The summed E-state index contributed by atoms with van der Waals surface area (Å²) in [6.07, 6.45) is -20.6. The molecule has 0 amide bonds. The van der Waals surface area contributed by atoms with Crippen LogP contribution < -0.4 is 10.2 Å². The molecule has 6 rings (SSSR count). The van der Waals surface area contributed by atoms with Gasteiger partial charge in [-0.15, -0.1) is 0 Å². The average Bonchev–Trinajstić information content (AvgIpc) is 3.39. The van der Waals surface area contributed by atoms with Crippen LogP contribution in [0.4, 0.5) is 0 Å². The van der Waals surface area contributed by atoms with E-state index in [9.17, 15) is 66.1 Å². The summed E-state index contributed by atoms with van der Waals surface area (Å²) >= 11 is 0. The van der Waals surface area contributed by atoms with E-state index in [4.69, 9.17) is 32.8 Å². The Bertz CT molecular complexity index is 1820. The van der Waals surface area contributed by atoms with E-state index in [-0.39, 0.29) is 11.1 Å². The number of ether oxygens (including phenoxy) is 6. The van der Waals surface area contributed by atoms with Gasteiger partial charge in [0, 0.05) is 17.7 Å². The van der Waals surface area contributed by atoms with Crippen LogP contribution in [0.3, 0.4) is 0 Å². The molecule has 3 aliphatic heterocycles. The third-order valence-electron chi connectivity index (χ3n) is 9.14. The lowest BCUT2D eigenvalue weighted by molar-refractivity contribution is -0.332. The van der Waals surface area contributed by atoms with Crippen LogP contribution in [-0.4, -0.2) is 161 Å². The minimum Gasteiger partial charge on any atom is -0.508 e. The number of hydrogen-bond acceptors (Lipinski definition) is 20. The van der Waals surface area contributed by atoms with Crippen molar-refractivity contribution in [3.8, 4) is 40.1 Å². The molecule has 0 unspecified atom stereocenters. The van der Waals surface area contributed by atoms with Gasteiger partial charge in [0.1, 0.15) is 76.9 Å². The second kappa shape index (κ2) is 14.5. The monoisotopic (exact) mass is 742 g/mol. The molecule has 52 heavy (non-hydrogen) atoms. The second-order valence-corrected chi connectivity index (χ2v) is 12.8. The van der Waals surface area contributed by atoms with E-state index in [1.165, 1.54) is 13.0 Å². The Morgan fingerprint density at radius 3 is 2.23 bits per heavy atom. The molecular formula is C32H38O20. The van der Waals surface area contributed by atoms with Crippen LogP contribution >= 0.6 is 0 Å². The fourth-order valence-corrected chi connectivity index (χ4v) is 6.05. The molecule has 13 atom stereocenters. The molecule has 20 nitrogen and oxygen atoms in total. The van der Waals surface area contributed by atoms with Crippen LogP contribution in [-0.2, 0) is 23.7 Å². The molecule has 20 heteroatoms. The van der Waals surface area contributed by atoms with Crippen molar-refractivity contribution in [2.45, 2.75) is 86.3 Å². The fraction of sp³-hybridized carbons (Fsp3) is 0.531. The lowest BCUT2D eigenvalue weighted by Crippen LogP contribution is -2.63. The largest absolute Gasteiger partial charge is 0.508 e. The molecule has 12 N–H and O–H groups in total. The van der Waals surface area contributed by atoms with E-state index in [0.29, 0.717) is 0 Å². The van der Waals surface area contributed by atoms with E-state index < -0.39 is 145 Å². The minimum absolute atomic E-state index is 0.0887. The summed E-state index contributed by atoms with van der Waals surface area (Å²) in [6.45, 7) is -0.868. The van der Waals surface area contributed by atoms with Gasteiger partial charge in [-0.05, 0) is 25.1 Å². The van der Waals surface area contributed by atoms with Crippen molar-refractivity contribution in [3.63, 3.8) is 0 Å². The van der Waals surface area contributed by atoms with Gasteiger partial charge in [-0.1, -0.05) is 0 Å². The van der Waals surface area contributed by atoms with Gasteiger partial charge in [0.25, 0.3) is 0 Å². The lowest BCUT2D eigenvalue weighted by atomic mass is 9.97. The molecule has 1 aromatic heterocycles. The third-order valence-corrected chi connectivity index (χ3v) is 9.14. The van der Waals surface area contributed by atoms with Crippen LogP contribution in [0, 0.1) is 0 Å². The molecule has 286 valence electrons. The van der Waals surface area contributed by atoms with Crippen LogP contribution in [0.2, 0.25) is 0 Å². The number of rotatable bonds is 9. The molecular weight excluding hydrogens is 704 g/mol. The Morgan fingerprint density at radius 2 is 1.56 bits per heavy atom. The Balaban J connectivity index is 1.38. The highest BCUT2D eigenvalue weighted by molar-refractivity contribution is 5.88. The number of aromatic hydroxyl groups is 4. The maximum absolute atomic E-state index is 13.9. The lowest BCUT2D eigenvalue weighted by Gasteiger charge is -2.44. The van der Waals surface area contributed by atoms with Gasteiger partial charge >= 0.3 is 0 Å². The van der Waals surface area contributed by atoms with Gasteiger partial charge in [-0.25, -0.2) is 0 Å². The number of benzene rings is 2. The quantitative estimate of drug-likeness (QED) is 0.0959. The zero-order valence-electron chi connectivity index (χ0n) is 27.1. The standard InChI is InChI=1S/C32H38O20/c1-10-19(38)22(41)23(42)29(48-10)46-7-17-20(39)26(51-31-28(44)32(45,8-33)9-47-31)24(43)30(50-17)52-27-21(40)18-15(37)5-12(34)6-16(18)49-25(27)11-2-3-13(35)14(36)4-11/h2-6,10,17,19-20,22-24,26,28-31,33-39,41-45H,7-9H2,1H3/t10-,17+,19-,20+,22+,23+,24+,26-,28-,29+,30-,31-,32+/m0/s1. The SMILES string of the molecule is C[C@@H]1O[C@@H](OC[C@H]2O[C@@H](Oc3c(-c4ccc(O)c(O)c4)oc4cc(O)cc(O)c4c3=O)[C@H](O)[C@@H](O[C@@H]3OC[C@](O)(CO)[C@H]3O)[C@@H]2O)[C@H](O)[C@H](O)[C@H]1O. The molecule has 3 saturated heterocycles. The van der Waals surface area contributed by atoms with E-state index in [1.807, 2.05) is 0 Å². The normalized spacial score (nSPS) is 36.6. The van der Waals surface area contributed by atoms with E-state index in [0.717, 1.165) is 24.3 Å². The molecule has 0 bridgehead atoms. The van der Waals surface area contributed by atoms with Crippen molar-refractivity contribution in [2.75, 3.05) is 19.8 Å². The first kappa shape index (κ1) is 37.9. The molecule has 3 aromatic rings. The molecule has 2 aromatic carbocycles. The van der Waals surface area contributed by atoms with Crippen LogP contribution in [0.1, 0.15) is 6.92 Å². The van der Waals surface area contributed by atoms with Crippen LogP contribution in [0.15, 0.2) is 39.5 Å². The number of phenols is 4. The summed E-state index contributed by atoms with van der Waals surface area (Å²) in [6, 6.07) is 5.10. The molecule has 3 aliphatic rings. The molecule has 3 fully saturated rings. The number of aliphatic hydroxyl groups is 8. The van der Waals surface area contributed by atoms with Crippen molar-refractivity contribution >= 4 is 11.0 Å². The topological polar surface area (TPSA) is 328 Å². The summed E-state index contributed by atoms with van der Waals surface area (Å²) in [5.74, 6) is -3.64. The van der Waals surface area contributed by atoms with Gasteiger partial charge in [0.2, 0.25) is 17.5 Å². The van der Waals surface area contributed by atoms with Gasteiger partial charge in [-0.3, -0.25) is 4.79 Å². The second-order valence-electron chi connectivity index (χ2n) is 12.8. The van der Waals surface area contributed by atoms with Gasteiger partial charge in [-0.2, -0.15) is 0 Å². The number of hydrogen-bond donors (Lipinski definition) is 12.